The lowest BCUT2D eigenvalue weighted by molar-refractivity contribution is -0.124. The van der Waals surface area contributed by atoms with Crippen LogP contribution < -0.4 is 21.1 Å². The molecule has 190 valence electrons. The van der Waals surface area contributed by atoms with E-state index in [2.05, 4.69) is 39.4 Å². The summed E-state index contributed by atoms with van der Waals surface area (Å²) in [4.78, 5) is 33.9. The number of nitrogens with two attached hydrogens (primary N) is 1. The van der Waals surface area contributed by atoms with Crippen LogP contribution in [0, 0.1) is 5.92 Å². The molecule has 1 amide bonds. The van der Waals surface area contributed by atoms with Crippen molar-refractivity contribution in [3.05, 3.63) is 30.4 Å². The second kappa shape index (κ2) is 9.05. The zero-order chi connectivity index (χ0) is 25.5. The molecule has 11 heteroatoms. The summed E-state index contributed by atoms with van der Waals surface area (Å²) in [5, 5.41) is 6.32. The second-order valence-electron chi connectivity index (χ2n) is 10.0. The smallest absolute Gasteiger partial charge is 0.246 e. The third-order valence-corrected chi connectivity index (χ3v) is 7.32. The lowest BCUT2D eigenvalue weighted by Gasteiger charge is -2.18. The normalized spacial score (nSPS) is 21.6. The van der Waals surface area contributed by atoms with Crippen LogP contribution in [0.2, 0.25) is 0 Å². The van der Waals surface area contributed by atoms with E-state index in [-0.39, 0.29) is 23.5 Å². The maximum Gasteiger partial charge on any atom is 0.246 e. The number of carbonyl (C=O) groups excluding carboxylic acids is 1. The van der Waals surface area contributed by atoms with Gasteiger partial charge in [-0.15, -0.1) is 0 Å². The Morgan fingerprint density at radius 1 is 1.28 bits per heavy atom. The van der Waals surface area contributed by atoms with E-state index in [1.807, 2.05) is 12.1 Å². The molecule has 2 saturated carbocycles. The number of H-pyrrole nitrogens is 1. The van der Waals surface area contributed by atoms with Crippen LogP contribution in [0.4, 0.5) is 11.8 Å². The molecule has 3 aromatic rings. The van der Waals surface area contributed by atoms with Crippen molar-refractivity contribution >= 4 is 17.7 Å². The van der Waals surface area contributed by atoms with Crippen LogP contribution in [-0.4, -0.2) is 63.7 Å². The largest absolute Gasteiger partial charge is 0.493 e. The highest BCUT2D eigenvalue weighted by Gasteiger charge is 2.51. The number of hydrogen-bond donors (Lipinski definition) is 4. The van der Waals surface area contributed by atoms with Crippen LogP contribution in [-0.2, 0) is 14.9 Å². The van der Waals surface area contributed by atoms with E-state index in [9.17, 15) is 4.79 Å². The lowest BCUT2D eigenvalue weighted by Crippen LogP contribution is -2.40. The number of pyridine rings is 1. The van der Waals surface area contributed by atoms with Crippen molar-refractivity contribution < 1.29 is 14.3 Å². The van der Waals surface area contributed by atoms with Gasteiger partial charge in [0.1, 0.15) is 12.4 Å². The van der Waals surface area contributed by atoms with Gasteiger partial charge in [0.05, 0.1) is 29.7 Å². The number of imidazole rings is 1. The van der Waals surface area contributed by atoms with Crippen molar-refractivity contribution in [2.75, 3.05) is 38.4 Å². The highest BCUT2D eigenvalue weighted by molar-refractivity contribution is 5.79. The van der Waals surface area contributed by atoms with Gasteiger partial charge in [0.15, 0.2) is 11.6 Å². The number of nitrogen functional groups attached to an aromatic ring is 1. The molecule has 2 fully saturated rings. The standard InChI is InChI=1S/C25H32N8O3/c1-14-10-24(14,2)22-31-19(15-9-17(36-4)21(26)28-11-15)20(32-22)16-5-8-27-23(30-16)33-25(6-7-25)13-29-18(34)12-35-3/h5,8-9,11,14H,6-7,10,12-13H2,1-4H3,(H2,26,28)(H,29,34)(H,31,32)(H,27,30,33). The van der Waals surface area contributed by atoms with E-state index >= 15 is 0 Å². The van der Waals surface area contributed by atoms with Crippen molar-refractivity contribution in [1.29, 1.82) is 0 Å². The van der Waals surface area contributed by atoms with Crippen LogP contribution in [0.3, 0.4) is 0 Å². The maximum atomic E-state index is 11.8. The van der Waals surface area contributed by atoms with Gasteiger partial charge < -0.3 is 30.8 Å². The molecule has 0 spiro atoms. The van der Waals surface area contributed by atoms with E-state index in [1.54, 1.807) is 19.5 Å². The van der Waals surface area contributed by atoms with Crippen LogP contribution in [0.5, 0.6) is 5.75 Å². The average Bonchev–Trinajstić information content (AvgIpc) is 3.70. The molecule has 2 aliphatic rings. The Labute approximate surface area is 209 Å². The Morgan fingerprint density at radius 3 is 2.72 bits per heavy atom. The van der Waals surface area contributed by atoms with Gasteiger partial charge in [-0.05, 0) is 37.3 Å². The summed E-state index contributed by atoms with van der Waals surface area (Å²) in [5.74, 6) is 2.61. The Hall–Kier alpha value is -3.73. The van der Waals surface area contributed by atoms with E-state index < -0.39 is 0 Å². The van der Waals surface area contributed by atoms with Crippen molar-refractivity contribution in [3.8, 4) is 28.4 Å². The minimum absolute atomic E-state index is 0.00901. The second-order valence-corrected chi connectivity index (χ2v) is 10.0. The van der Waals surface area contributed by atoms with Crippen molar-refractivity contribution in [1.82, 2.24) is 30.2 Å². The Bertz CT molecular complexity index is 1290. The highest BCUT2D eigenvalue weighted by atomic mass is 16.5. The molecular weight excluding hydrogens is 460 g/mol. The molecule has 3 heterocycles. The van der Waals surface area contributed by atoms with Crippen LogP contribution in [0.25, 0.3) is 22.6 Å². The quantitative estimate of drug-likeness (QED) is 0.334. The zero-order valence-electron chi connectivity index (χ0n) is 21.0. The summed E-state index contributed by atoms with van der Waals surface area (Å²) in [6, 6.07) is 3.69. The molecule has 0 aliphatic heterocycles. The summed E-state index contributed by atoms with van der Waals surface area (Å²) in [7, 11) is 3.06. The van der Waals surface area contributed by atoms with Gasteiger partial charge in [-0.2, -0.15) is 0 Å². The predicted octanol–water partition coefficient (Wildman–Crippen LogP) is 2.52. The number of aromatic nitrogens is 5. The van der Waals surface area contributed by atoms with Crippen molar-refractivity contribution in [3.63, 3.8) is 0 Å². The summed E-state index contributed by atoms with van der Waals surface area (Å²) >= 11 is 0. The molecule has 2 aliphatic carbocycles. The van der Waals surface area contributed by atoms with Gasteiger partial charge in [0.25, 0.3) is 0 Å². The predicted molar refractivity (Wildman–Crippen MR) is 135 cm³/mol. The molecule has 5 N–H and O–H groups in total. The molecule has 0 saturated heterocycles. The number of ether oxygens (including phenoxy) is 2. The fourth-order valence-corrected chi connectivity index (χ4v) is 4.44. The third-order valence-electron chi connectivity index (χ3n) is 7.32. The molecule has 2 atom stereocenters. The topological polar surface area (TPSA) is 153 Å². The molecule has 3 aromatic heterocycles. The number of hydrogen-bond acceptors (Lipinski definition) is 9. The SMILES string of the molecule is COCC(=O)NCC1(Nc2nccc(-c3[nH]c(C4(C)CC4C)nc3-c3cnc(N)c(OC)c3)n2)CC1. The number of carbonyl (C=O) groups is 1. The van der Waals surface area contributed by atoms with E-state index in [0.717, 1.165) is 42.0 Å². The number of nitrogens with one attached hydrogen (secondary N) is 3. The molecular formula is C25H32N8O3. The molecule has 2 unspecified atom stereocenters. The van der Waals surface area contributed by atoms with Crippen LogP contribution in [0.1, 0.15) is 38.9 Å². The van der Waals surface area contributed by atoms with Gasteiger partial charge in [-0.3, -0.25) is 4.79 Å². The molecule has 11 nitrogen and oxygen atoms in total. The van der Waals surface area contributed by atoms with Gasteiger partial charge >= 0.3 is 0 Å². The summed E-state index contributed by atoms with van der Waals surface area (Å²) in [5.41, 5.74) is 8.68. The monoisotopic (exact) mass is 492 g/mol. The van der Waals surface area contributed by atoms with Gasteiger partial charge in [0, 0.05) is 37.0 Å². The molecule has 0 radical (unpaired) electrons. The number of anilines is 2. The Balaban J connectivity index is 1.46. The summed E-state index contributed by atoms with van der Waals surface area (Å²) in [6.07, 6.45) is 6.32. The number of amides is 1. The summed E-state index contributed by atoms with van der Waals surface area (Å²) in [6.45, 7) is 4.96. The van der Waals surface area contributed by atoms with Gasteiger partial charge in [-0.25, -0.2) is 19.9 Å². The molecule has 0 bridgehead atoms. The fraction of sp³-hybridized carbons (Fsp3) is 0.480. The summed E-state index contributed by atoms with van der Waals surface area (Å²) < 4.78 is 10.3. The number of methoxy groups -OCH3 is 2. The lowest BCUT2D eigenvalue weighted by atomic mass is 10.1. The van der Waals surface area contributed by atoms with E-state index in [1.165, 1.54) is 7.11 Å². The van der Waals surface area contributed by atoms with Gasteiger partial charge in [-0.1, -0.05) is 13.8 Å². The Kier molecular flexibility index (Phi) is 6.03. The van der Waals surface area contributed by atoms with Gasteiger partial charge in [0.2, 0.25) is 11.9 Å². The first-order valence-corrected chi connectivity index (χ1v) is 12.0. The number of nitrogens with zero attached hydrogens (tertiary/aromatic N) is 4. The highest BCUT2D eigenvalue weighted by Crippen LogP contribution is 2.53. The molecule has 36 heavy (non-hydrogen) atoms. The first kappa shape index (κ1) is 24.0. The average molecular weight is 493 g/mol. The van der Waals surface area contributed by atoms with Crippen molar-refractivity contribution in [2.45, 2.75) is 44.1 Å². The third kappa shape index (κ3) is 4.58. The fourth-order valence-electron chi connectivity index (χ4n) is 4.44. The first-order valence-electron chi connectivity index (χ1n) is 12.0. The number of aromatic amines is 1. The van der Waals surface area contributed by atoms with Crippen LogP contribution in [0.15, 0.2) is 24.5 Å². The Morgan fingerprint density at radius 2 is 2.06 bits per heavy atom. The molecule has 0 aromatic carbocycles. The van der Waals surface area contributed by atoms with Crippen LogP contribution >= 0.6 is 0 Å². The zero-order valence-corrected chi connectivity index (χ0v) is 21.0. The molecule has 5 rings (SSSR count). The minimum atomic E-state index is -0.255. The van der Waals surface area contributed by atoms with E-state index in [4.69, 9.17) is 25.2 Å². The first-order chi connectivity index (χ1) is 17.3. The minimum Gasteiger partial charge on any atom is -0.493 e. The maximum absolute atomic E-state index is 11.8. The van der Waals surface area contributed by atoms with Crippen molar-refractivity contribution in [2.24, 2.45) is 5.92 Å². The van der Waals surface area contributed by atoms with E-state index in [0.29, 0.717) is 35.7 Å². The number of rotatable bonds is 10.